The van der Waals surface area contributed by atoms with Crippen molar-refractivity contribution in [3.05, 3.63) is 88.8 Å². The molecule has 0 fully saturated rings. The summed E-state index contributed by atoms with van der Waals surface area (Å²) in [7, 11) is 0. The van der Waals surface area contributed by atoms with Gasteiger partial charge in [0, 0.05) is 35.0 Å². The van der Waals surface area contributed by atoms with Crippen LogP contribution < -0.4 is 16.2 Å². The number of para-hydroxylation sites is 1. The first-order valence-electron chi connectivity index (χ1n) is 12.5. The molecule has 5 aromatic rings. The summed E-state index contributed by atoms with van der Waals surface area (Å²) >= 11 is 0. The highest BCUT2D eigenvalue weighted by atomic mass is 16.3. The SMILES string of the molecule is CC(C)(O)CNC(=O)CCn1nc(C(=O)Nc2ccc(-c3n[nH]c(=O)c4ccccc34)cc2)c2ccccc21. The van der Waals surface area contributed by atoms with Gasteiger partial charge in [-0.1, -0.05) is 48.5 Å². The molecular weight excluding hydrogens is 496 g/mol. The van der Waals surface area contributed by atoms with E-state index in [2.05, 4.69) is 25.9 Å². The van der Waals surface area contributed by atoms with E-state index in [1.165, 1.54) is 0 Å². The molecule has 0 bridgehead atoms. The van der Waals surface area contributed by atoms with Crippen molar-refractivity contribution in [2.75, 3.05) is 11.9 Å². The molecule has 0 radical (unpaired) electrons. The van der Waals surface area contributed by atoms with Crippen molar-refractivity contribution in [3.8, 4) is 11.3 Å². The Morgan fingerprint density at radius 2 is 1.62 bits per heavy atom. The molecule has 2 aromatic heterocycles. The van der Waals surface area contributed by atoms with Crippen LogP contribution in [0.15, 0.2) is 77.6 Å². The predicted molar refractivity (Wildman–Crippen MR) is 149 cm³/mol. The van der Waals surface area contributed by atoms with E-state index in [0.717, 1.165) is 16.5 Å². The fraction of sp³-hybridized carbons (Fsp3) is 0.207. The van der Waals surface area contributed by atoms with Crippen LogP contribution in [0.5, 0.6) is 0 Å². The Morgan fingerprint density at radius 3 is 2.33 bits per heavy atom. The quantitative estimate of drug-likeness (QED) is 0.245. The number of hydrogen-bond donors (Lipinski definition) is 4. The number of rotatable bonds is 8. The molecule has 0 aliphatic carbocycles. The smallest absolute Gasteiger partial charge is 0.276 e. The predicted octanol–water partition coefficient (Wildman–Crippen LogP) is 3.47. The number of nitrogens with one attached hydrogen (secondary N) is 3. The summed E-state index contributed by atoms with van der Waals surface area (Å²) in [6.45, 7) is 3.66. The van der Waals surface area contributed by atoms with E-state index in [-0.39, 0.29) is 42.6 Å². The van der Waals surface area contributed by atoms with Gasteiger partial charge in [0.15, 0.2) is 5.69 Å². The lowest BCUT2D eigenvalue weighted by Crippen LogP contribution is -2.38. The number of anilines is 1. The van der Waals surface area contributed by atoms with Gasteiger partial charge in [-0.3, -0.25) is 19.1 Å². The maximum absolute atomic E-state index is 13.2. The fourth-order valence-corrected chi connectivity index (χ4v) is 4.31. The Morgan fingerprint density at radius 1 is 0.949 bits per heavy atom. The second kappa shape index (κ2) is 10.5. The second-order valence-corrected chi connectivity index (χ2v) is 9.91. The van der Waals surface area contributed by atoms with Crippen LogP contribution in [0.1, 0.15) is 30.8 Å². The van der Waals surface area contributed by atoms with E-state index in [9.17, 15) is 19.5 Å². The molecule has 0 saturated heterocycles. The number of aryl methyl sites for hydroxylation is 1. The minimum Gasteiger partial charge on any atom is -0.389 e. The summed E-state index contributed by atoms with van der Waals surface area (Å²) in [5.74, 6) is -0.593. The van der Waals surface area contributed by atoms with Gasteiger partial charge >= 0.3 is 0 Å². The van der Waals surface area contributed by atoms with Gasteiger partial charge in [-0.25, -0.2) is 5.10 Å². The van der Waals surface area contributed by atoms with Crippen LogP contribution in [0.25, 0.3) is 32.9 Å². The number of aliphatic hydroxyl groups is 1. The molecule has 5 rings (SSSR count). The van der Waals surface area contributed by atoms with Gasteiger partial charge in [0.1, 0.15) is 0 Å². The lowest BCUT2D eigenvalue weighted by molar-refractivity contribution is -0.122. The molecule has 198 valence electrons. The Labute approximate surface area is 223 Å². The Balaban J connectivity index is 1.33. The highest BCUT2D eigenvalue weighted by Gasteiger charge is 2.19. The average molecular weight is 525 g/mol. The molecule has 0 spiro atoms. The number of H-pyrrole nitrogens is 1. The molecule has 10 nitrogen and oxygen atoms in total. The summed E-state index contributed by atoms with van der Waals surface area (Å²) < 4.78 is 1.64. The van der Waals surface area contributed by atoms with Crippen LogP contribution in [0.2, 0.25) is 0 Å². The van der Waals surface area contributed by atoms with Crippen LogP contribution in [0.3, 0.4) is 0 Å². The number of aromatic nitrogens is 4. The van der Waals surface area contributed by atoms with Gasteiger partial charge in [0.2, 0.25) is 5.91 Å². The standard InChI is InChI=1S/C29H28N6O4/c1-29(2,39)17-30-24(36)15-16-35-23-10-6-5-9-22(23)26(34-35)28(38)31-19-13-11-18(12-14-19)25-20-7-3-4-8-21(20)27(37)33-32-25/h3-14,39H,15-17H2,1-2H3,(H,30,36)(H,31,38)(H,33,37). The van der Waals surface area contributed by atoms with Crippen molar-refractivity contribution >= 4 is 39.2 Å². The van der Waals surface area contributed by atoms with E-state index in [1.807, 2.05) is 48.5 Å². The van der Waals surface area contributed by atoms with Crippen molar-refractivity contribution in [1.29, 1.82) is 0 Å². The van der Waals surface area contributed by atoms with Gasteiger partial charge in [-0.15, -0.1) is 0 Å². The summed E-state index contributed by atoms with van der Waals surface area (Å²) in [4.78, 5) is 37.6. The molecule has 10 heteroatoms. The first kappa shape index (κ1) is 25.8. The first-order chi connectivity index (χ1) is 18.7. The number of carbonyl (C=O) groups excluding carboxylic acids is 2. The maximum Gasteiger partial charge on any atom is 0.276 e. The number of carbonyl (C=O) groups is 2. The van der Waals surface area contributed by atoms with Gasteiger partial charge in [0.05, 0.1) is 28.7 Å². The molecule has 4 N–H and O–H groups in total. The van der Waals surface area contributed by atoms with E-state index >= 15 is 0 Å². The van der Waals surface area contributed by atoms with Gasteiger partial charge in [-0.05, 0) is 38.1 Å². The molecule has 0 saturated carbocycles. The van der Waals surface area contributed by atoms with E-state index < -0.39 is 5.60 Å². The summed E-state index contributed by atoms with van der Waals surface area (Å²) in [6, 6.07) is 21.8. The maximum atomic E-state index is 13.2. The van der Waals surface area contributed by atoms with Crippen molar-refractivity contribution < 1.29 is 14.7 Å². The molecule has 2 amide bonds. The Kier molecular flexibility index (Phi) is 6.95. The van der Waals surface area contributed by atoms with Crippen LogP contribution in [-0.4, -0.2) is 49.0 Å². The summed E-state index contributed by atoms with van der Waals surface area (Å²) in [5.41, 5.74) is 1.74. The van der Waals surface area contributed by atoms with Crippen LogP contribution in [0.4, 0.5) is 5.69 Å². The molecule has 39 heavy (non-hydrogen) atoms. The number of nitrogens with zero attached hydrogens (tertiary/aromatic N) is 3. The monoisotopic (exact) mass is 524 g/mol. The number of benzene rings is 3. The molecule has 2 heterocycles. The fourth-order valence-electron chi connectivity index (χ4n) is 4.31. The zero-order valence-electron chi connectivity index (χ0n) is 21.6. The number of hydrogen-bond acceptors (Lipinski definition) is 6. The highest BCUT2D eigenvalue weighted by Crippen LogP contribution is 2.26. The molecule has 0 aliphatic rings. The lowest BCUT2D eigenvalue weighted by atomic mass is 10.0. The Hall–Kier alpha value is -4.83. The van der Waals surface area contributed by atoms with Gasteiger partial charge in [-0.2, -0.15) is 10.2 Å². The number of amides is 2. The molecule has 3 aromatic carbocycles. The zero-order valence-corrected chi connectivity index (χ0v) is 21.6. The Bertz CT molecular complexity index is 1730. The third kappa shape index (κ3) is 5.70. The molecule has 0 atom stereocenters. The summed E-state index contributed by atoms with van der Waals surface area (Å²) in [5, 5.41) is 28.6. The third-order valence-electron chi connectivity index (χ3n) is 6.25. The van der Waals surface area contributed by atoms with Crippen LogP contribution in [0, 0.1) is 0 Å². The molecule has 0 unspecified atom stereocenters. The topological polar surface area (TPSA) is 142 Å². The van der Waals surface area contributed by atoms with Crippen molar-refractivity contribution in [3.63, 3.8) is 0 Å². The van der Waals surface area contributed by atoms with E-state index in [1.54, 1.807) is 42.8 Å². The van der Waals surface area contributed by atoms with E-state index in [0.29, 0.717) is 22.2 Å². The number of fused-ring (bicyclic) bond motifs is 2. The van der Waals surface area contributed by atoms with Gasteiger partial charge in [0.25, 0.3) is 11.5 Å². The third-order valence-corrected chi connectivity index (χ3v) is 6.25. The van der Waals surface area contributed by atoms with Crippen LogP contribution >= 0.6 is 0 Å². The van der Waals surface area contributed by atoms with Crippen molar-refractivity contribution in [1.82, 2.24) is 25.3 Å². The average Bonchev–Trinajstić information content (AvgIpc) is 3.30. The second-order valence-electron chi connectivity index (χ2n) is 9.91. The van der Waals surface area contributed by atoms with Gasteiger partial charge < -0.3 is 15.7 Å². The molecule has 0 aliphatic heterocycles. The van der Waals surface area contributed by atoms with E-state index in [4.69, 9.17) is 0 Å². The summed E-state index contributed by atoms with van der Waals surface area (Å²) in [6.07, 6.45) is 0.151. The van der Waals surface area contributed by atoms with Crippen LogP contribution in [-0.2, 0) is 11.3 Å². The van der Waals surface area contributed by atoms with Crippen molar-refractivity contribution in [2.45, 2.75) is 32.4 Å². The number of aromatic amines is 1. The highest BCUT2D eigenvalue weighted by molar-refractivity contribution is 6.11. The normalized spacial score (nSPS) is 11.6. The minimum absolute atomic E-state index is 0.145. The van der Waals surface area contributed by atoms with Crippen molar-refractivity contribution in [2.24, 2.45) is 0 Å². The minimum atomic E-state index is -0.998. The lowest BCUT2D eigenvalue weighted by Gasteiger charge is -2.17. The largest absolute Gasteiger partial charge is 0.389 e. The zero-order chi connectivity index (χ0) is 27.6. The first-order valence-corrected chi connectivity index (χ1v) is 12.5. The molecular formula is C29H28N6O4.